The van der Waals surface area contributed by atoms with Gasteiger partial charge in [-0.3, -0.25) is 9.36 Å². The molecule has 2 aliphatic rings. The molecule has 1 atom stereocenters. The van der Waals surface area contributed by atoms with Gasteiger partial charge < -0.3 is 4.90 Å². The molecule has 0 amide bonds. The van der Waals surface area contributed by atoms with E-state index < -0.39 is 0 Å². The summed E-state index contributed by atoms with van der Waals surface area (Å²) in [6.45, 7) is 4.90. The fraction of sp³-hybridized carbons (Fsp3) is 0.478. The summed E-state index contributed by atoms with van der Waals surface area (Å²) in [6, 6.07) is 10.0. The third kappa shape index (κ3) is 3.20. The van der Waals surface area contributed by atoms with Crippen LogP contribution < -0.4 is 10.5 Å². The molecule has 0 N–H and O–H groups in total. The summed E-state index contributed by atoms with van der Waals surface area (Å²) in [5.41, 5.74) is 2.83. The molecule has 0 bridgehead atoms. The number of hydrogen-bond donors (Lipinski definition) is 0. The zero-order chi connectivity index (χ0) is 20.0. The van der Waals surface area contributed by atoms with E-state index in [1.54, 1.807) is 0 Å². The summed E-state index contributed by atoms with van der Waals surface area (Å²) in [4.78, 5) is 30.2. The first-order valence-electron chi connectivity index (χ1n) is 10.7. The lowest BCUT2D eigenvalue weighted by atomic mass is 10.1. The lowest BCUT2D eigenvalue weighted by Gasteiger charge is -2.29. The van der Waals surface area contributed by atoms with Crippen LogP contribution in [-0.4, -0.2) is 26.1 Å². The van der Waals surface area contributed by atoms with Crippen LogP contribution >= 0.6 is 0 Å². The van der Waals surface area contributed by atoms with Gasteiger partial charge in [0.1, 0.15) is 5.82 Å². The van der Waals surface area contributed by atoms with Gasteiger partial charge in [0.05, 0.1) is 16.9 Å². The third-order valence-corrected chi connectivity index (χ3v) is 6.30. The Balaban J connectivity index is 1.68. The Kier molecular flexibility index (Phi) is 4.57. The molecular formula is C23H27N5O. The van der Waals surface area contributed by atoms with E-state index in [1.807, 2.05) is 48.7 Å². The first-order chi connectivity index (χ1) is 14.1. The lowest BCUT2D eigenvalue weighted by molar-refractivity contribution is 0.453. The zero-order valence-electron chi connectivity index (χ0n) is 17.1. The largest absolute Gasteiger partial charge is 0.331 e. The second kappa shape index (κ2) is 7.25. The average Bonchev–Trinajstić information content (AvgIpc) is 3.39. The number of nitrogens with zero attached hydrogens (tertiary/aromatic N) is 5. The molecule has 1 saturated carbocycles. The Morgan fingerprint density at radius 1 is 0.931 bits per heavy atom. The minimum Gasteiger partial charge on any atom is -0.331 e. The van der Waals surface area contributed by atoms with Gasteiger partial charge in [0.2, 0.25) is 5.95 Å². The maximum atomic E-state index is 13.5. The molecule has 1 aliphatic carbocycles. The monoisotopic (exact) mass is 389 g/mol. The van der Waals surface area contributed by atoms with Crippen LogP contribution in [0.25, 0.3) is 10.9 Å². The van der Waals surface area contributed by atoms with Gasteiger partial charge >= 0.3 is 0 Å². The Labute approximate surface area is 170 Å². The van der Waals surface area contributed by atoms with Crippen molar-refractivity contribution < 1.29 is 0 Å². The van der Waals surface area contributed by atoms with E-state index >= 15 is 0 Å². The first-order valence-corrected chi connectivity index (χ1v) is 10.7. The maximum Gasteiger partial charge on any atom is 0.261 e. The molecule has 1 aliphatic heterocycles. The van der Waals surface area contributed by atoms with E-state index in [2.05, 4.69) is 4.90 Å². The summed E-state index contributed by atoms with van der Waals surface area (Å²) in [7, 11) is 0. The van der Waals surface area contributed by atoms with E-state index in [0.717, 1.165) is 66.3 Å². The molecule has 6 heteroatoms. The topological polar surface area (TPSA) is 63.9 Å². The molecule has 3 heterocycles. The van der Waals surface area contributed by atoms with Crippen LogP contribution in [0.15, 0.2) is 35.1 Å². The van der Waals surface area contributed by atoms with Gasteiger partial charge in [-0.15, -0.1) is 0 Å². The number of para-hydroxylation sites is 1. The van der Waals surface area contributed by atoms with Crippen molar-refractivity contribution in [3.8, 4) is 0 Å². The number of benzene rings is 1. The number of aryl methyl sites for hydroxylation is 2. The number of aromatic nitrogens is 4. The quantitative estimate of drug-likeness (QED) is 0.670. The molecule has 1 saturated heterocycles. The molecule has 2 aromatic heterocycles. The van der Waals surface area contributed by atoms with E-state index in [0.29, 0.717) is 0 Å². The summed E-state index contributed by atoms with van der Waals surface area (Å²) in [6.07, 6.45) is 6.48. The SMILES string of the molecule is Cc1cc(C)nc(N2CCCC2c2nc3ccccc3c(=O)n2C2CCCC2)n1. The number of hydrogen-bond acceptors (Lipinski definition) is 5. The van der Waals surface area contributed by atoms with Gasteiger partial charge in [-0.2, -0.15) is 0 Å². The molecule has 0 spiro atoms. The molecule has 29 heavy (non-hydrogen) atoms. The van der Waals surface area contributed by atoms with Crippen molar-refractivity contribution in [1.82, 2.24) is 19.5 Å². The van der Waals surface area contributed by atoms with E-state index in [-0.39, 0.29) is 17.6 Å². The predicted octanol–water partition coefficient (Wildman–Crippen LogP) is 4.26. The minimum absolute atomic E-state index is 0.0362. The van der Waals surface area contributed by atoms with Gasteiger partial charge in [-0.25, -0.2) is 15.0 Å². The summed E-state index contributed by atoms with van der Waals surface area (Å²) < 4.78 is 2.01. The second-order valence-corrected chi connectivity index (χ2v) is 8.40. The maximum absolute atomic E-state index is 13.5. The molecular weight excluding hydrogens is 362 g/mol. The highest BCUT2D eigenvalue weighted by Crippen LogP contribution is 2.37. The average molecular weight is 390 g/mol. The summed E-state index contributed by atoms with van der Waals surface area (Å²) in [5, 5.41) is 0.718. The van der Waals surface area contributed by atoms with Gasteiger partial charge in [0, 0.05) is 24.0 Å². The second-order valence-electron chi connectivity index (χ2n) is 8.40. The Bertz CT molecular complexity index is 1100. The number of fused-ring (bicyclic) bond motifs is 1. The van der Waals surface area contributed by atoms with Gasteiger partial charge in [0.25, 0.3) is 5.56 Å². The van der Waals surface area contributed by atoms with E-state index in [4.69, 9.17) is 15.0 Å². The van der Waals surface area contributed by atoms with Gasteiger partial charge in [-0.05, 0) is 57.7 Å². The molecule has 5 rings (SSSR count). The summed E-state index contributed by atoms with van der Waals surface area (Å²) in [5.74, 6) is 1.64. The van der Waals surface area contributed by atoms with E-state index in [9.17, 15) is 4.79 Å². The molecule has 3 aromatic rings. The van der Waals surface area contributed by atoms with Crippen LogP contribution in [-0.2, 0) is 0 Å². The smallest absolute Gasteiger partial charge is 0.261 e. The minimum atomic E-state index is 0.0362. The van der Waals surface area contributed by atoms with Crippen LogP contribution in [0.3, 0.4) is 0 Å². The highest BCUT2D eigenvalue weighted by atomic mass is 16.1. The molecule has 6 nitrogen and oxygen atoms in total. The lowest BCUT2D eigenvalue weighted by Crippen LogP contribution is -2.34. The fourth-order valence-corrected chi connectivity index (χ4v) is 5.02. The Morgan fingerprint density at radius 2 is 1.66 bits per heavy atom. The van der Waals surface area contributed by atoms with Crippen LogP contribution in [0.5, 0.6) is 0 Å². The molecule has 150 valence electrons. The van der Waals surface area contributed by atoms with Crippen LogP contribution in [0.1, 0.15) is 67.8 Å². The number of anilines is 1. The first kappa shape index (κ1) is 18.3. The third-order valence-electron chi connectivity index (χ3n) is 6.30. The van der Waals surface area contributed by atoms with Crippen molar-refractivity contribution in [2.24, 2.45) is 0 Å². The standard InChI is InChI=1S/C23H27N5O/c1-15-14-16(2)25-23(24-15)27-13-7-12-20(27)21-26-19-11-6-5-10-18(19)22(29)28(21)17-8-3-4-9-17/h5-6,10-11,14,17,20H,3-4,7-9,12-13H2,1-2H3. The van der Waals surface area contributed by atoms with Crippen molar-refractivity contribution >= 4 is 16.9 Å². The van der Waals surface area contributed by atoms with Crippen molar-refractivity contribution in [3.05, 3.63) is 57.9 Å². The van der Waals surface area contributed by atoms with Crippen LogP contribution in [0.4, 0.5) is 5.95 Å². The summed E-state index contributed by atoms with van der Waals surface area (Å²) >= 11 is 0. The van der Waals surface area contributed by atoms with Crippen LogP contribution in [0.2, 0.25) is 0 Å². The molecule has 1 aromatic carbocycles. The zero-order valence-corrected chi connectivity index (χ0v) is 17.1. The Hall–Kier alpha value is -2.76. The van der Waals surface area contributed by atoms with Crippen LogP contribution in [0, 0.1) is 13.8 Å². The van der Waals surface area contributed by atoms with Gasteiger partial charge in [-0.1, -0.05) is 25.0 Å². The normalized spacial score (nSPS) is 20.1. The van der Waals surface area contributed by atoms with E-state index in [1.165, 1.54) is 12.8 Å². The Morgan fingerprint density at radius 3 is 2.41 bits per heavy atom. The van der Waals surface area contributed by atoms with Gasteiger partial charge in [0.15, 0.2) is 0 Å². The van der Waals surface area contributed by atoms with Crippen molar-refractivity contribution in [3.63, 3.8) is 0 Å². The van der Waals surface area contributed by atoms with Crippen molar-refractivity contribution in [1.29, 1.82) is 0 Å². The van der Waals surface area contributed by atoms with Crippen molar-refractivity contribution in [2.45, 2.75) is 64.5 Å². The highest BCUT2D eigenvalue weighted by molar-refractivity contribution is 5.77. The molecule has 2 fully saturated rings. The highest BCUT2D eigenvalue weighted by Gasteiger charge is 2.34. The molecule has 1 unspecified atom stereocenters. The fourth-order valence-electron chi connectivity index (χ4n) is 5.02. The van der Waals surface area contributed by atoms with Crippen molar-refractivity contribution in [2.75, 3.05) is 11.4 Å². The number of rotatable bonds is 3. The predicted molar refractivity (Wildman–Crippen MR) is 114 cm³/mol. The molecule has 0 radical (unpaired) electrons.